The highest BCUT2D eigenvalue weighted by Crippen LogP contribution is 2.25. The lowest BCUT2D eigenvalue weighted by atomic mass is 10.3. The lowest BCUT2D eigenvalue weighted by molar-refractivity contribution is 1.07. The van der Waals surface area contributed by atoms with Crippen molar-refractivity contribution >= 4 is 27.5 Å². The van der Waals surface area contributed by atoms with Crippen LogP contribution in [0.3, 0.4) is 0 Å². The van der Waals surface area contributed by atoms with E-state index in [2.05, 4.69) is 30.9 Å². The van der Waals surface area contributed by atoms with E-state index in [0.717, 1.165) is 15.9 Å². The maximum absolute atomic E-state index is 5.94. The number of halogens is 2. The smallest absolute Gasteiger partial charge is 0.179 e. The topological polar surface area (TPSA) is 38.7 Å². The molecule has 0 saturated carbocycles. The molecule has 2 aromatic heterocycles. The number of aryl methyl sites for hydroxylation is 1. The molecule has 3 nitrogen and oxygen atoms in total. The van der Waals surface area contributed by atoms with Crippen molar-refractivity contribution in [3.8, 4) is 11.5 Å². The van der Waals surface area contributed by atoms with Gasteiger partial charge in [0.1, 0.15) is 10.8 Å². The van der Waals surface area contributed by atoms with Gasteiger partial charge in [0.15, 0.2) is 5.82 Å². The quantitative estimate of drug-likeness (QED) is 0.755. The normalized spacial score (nSPS) is 10.3. The van der Waals surface area contributed by atoms with E-state index in [1.54, 1.807) is 6.20 Å². The van der Waals surface area contributed by atoms with Gasteiger partial charge in [0.05, 0.1) is 10.2 Å². The Bertz CT molecular complexity index is 464. The van der Waals surface area contributed by atoms with Gasteiger partial charge in [0.25, 0.3) is 0 Å². The third-order valence-electron chi connectivity index (χ3n) is 1.87. The van der Waals surface area contributed by atoms with Crippen LogP contribution < -0.4 is 0 Å². The van der Waals surface area contributed by atoms with Crippen LogP contribution in [0.25, 0.3) is 11.5 Å². The molecule has 0 N–H and O–H groups in total. The Kier molecular flexibility index (Phi) is 2.98. The van der Waals surface area contributed by atoms with Crippen LogP contribution in [0, 0.1) is 6.92 Å². The summed E-state index contributed by atoms with van der Waals surface area (Å²) < 4.78 is 0.726. The van der Waals surface area contributed by atoms with Crippen LogP contribution in [-0.2, 0) is 0 Å². The number of nitrogens with zero attached hydrogens (tertiary/aromatic N) is 3. The molecule has 0 unspecified atom stereocenters. The fraction of sp³-hybridized carbons (Fsp3) is 0.100. The van der Waals surface area contributed by atoms with Gasteiger partial charge in [0, 0.05) is 6.20 Å². The Morgan fingerprint density at radius 1 is 1.27 bits per heavy atom. The minimum atomic E-state index is 0.406. The first-order valence-electron chi connectivity index (χ1n) is 4.29. The Morgan fingerprint density at radius 2 is 2.07 bits per heavy atom. The molecule has 2 rings (SSSR count). The summed E-state index contributed by atoms with van der Waals surface area (Å²) in [5.74, 6) is 0.543. The molecule has 0 saturated heterocycles. The summed E-state index contributed by atoms with van der Waals surface area (Å²) in [6.45, 7) is 1.87. The fourth-order valence-corrected chi connectivity index (χ4v) is 1.53. The maximum Gasteiger partial charge on any atom is 0.179 e. The Morgan fingerprint density at radius 3 is 2.67 bits per heavy atom. The molecular formula is C10H7BrClN3. The highest BCUT2D eigenvalue weighted by molar-refractivity contribution is 9.10. The lowest BCUT2D eigenvalue weighted by Gasteiger charge is -2.03. The molecule has 0 aromatic carbocycles. The van der Waals surface area contributed by atoms with Gasteiger partial charge in [0.2, 0.25) is 0 Å². The lowest BCUT2D eigenvalue weighted by Crippen LogP contribution is -1.95. The summed E-state index contributed by atoms with van der Waals surface area (Å²) in [5.41, 5.74) is 1.52. The van der Waals surface area contributed by atoms with Crippen molar-refractivity contribution in [1.82, 2.24) is 15.0 Å². The molecule has 2 aromatic rings. The summed E-state index contributed by atoms with van der Waals surface area (Å²) in [6, 6.07) is 5.58. The third-order valence-corrected chi connectivity index (χ3v) is 3.32. The maximum atomic E-state index is 5.94. The van der Waals surface area contributed by atoms with Crippen molar-refractivity contribution in [2.75, 3.05) is 0 Å². The van der Waals surface area contributed by atoms with E-state index in [-0.39, 0.29) is 0 Å². The molecular weight excluding hydrogens is 277 g/mol. The second-order valence-corrected chi connectivity index (χ2v) is 4.10. The summed E-state index contributed by atoms with van der Waals surface area (Å²) in [6.07, 6.45) is 1.70. The minimum absolute atomic E-state index is 0.406. The molecule has 0 amide bonds. The average molecular weight is 285 g/mol. The number of pyridine rings is 1. The number of hydrogen-bond acceptors (Lipinski definition) is 3. The predicted octanol–water partition coefficient (Wildman–Crippen LogP) is 3.26. The first kappa shape index (κ1) is 10.5. The van der Waals surface area contributed by atoms with Gasteiger partial charge in [-0.25, -0.2) is 9.97 Å². The molecule has 0 spiro atoms. The van der Waals surface area contributed by atoms with Crippen molar-refractivity contribution in [2.45, 2.75) is 6.92 Å². The van der Waals surface area contributed by atoms with Crippen molar-refractivity contribution in [1.29, 1.82) is 0 Å². The molecule has 0 aliphatic heterocycles. The van der Waals surface area contributed by atoms with E-state index in [1.807, 2.05) is 25.1 Å². The molecule has 0 fully saturated rings. The standard InChI is InChI=1S/C10H7BrClN3/c1-6-8(11)9(12)15-10(14-6)7-4-2-3-5-13-7/h2-5H,1H3. The van der Waals surface area contributed by atoms with Crippen LogP contribution >= 0.6 is 27.5 Å². The summed E-state index contributed by atoms with van der Waals surface area (Å²) in [4.78, 5) is 12.6. The van der Waals surface area contributed by atoms with Crippen LogP contribution in [0.2, 0.25) is 5.15 Å². The zero-order chi connectivity index (χ0) is 10.8. The van der Waals surface area contributed by atoms with E-state index < -0.39 is 0 Å². The Balaban J connectivity index is 2.56. The largest absolute Gasteiger partial charge is 0.253 e. The van der Waals surface area contributed by atoms with E-state index in [9.17, 15) is 0 Å². The second-order valence-electron chi connectivity index (χ2n) is 2.95. The van der Waals surface area contributed by atoms with Crippen LogP contribution in [0.1, 0.15) is 5.69 Å². The predicted molar refractivity (Wildman–Crippen MR) is 62.7 cm³/mol. The van der Waals surface area contributed by atoms with Crippen LogP contribution in [0.4, 0.5) is 0 Å². The molecule has 5 heteroatoms. The average Bonchev–Trinajstić information content (AvgIpc) is 2.26. The Labute approximate surface area is 101 Å². The molecule has 0 atom stereocenters. The van der Waals surface area contributed by atoms with Crippen LogP contribution in [0.15, 0.2) is 28.9 Å². The van der Waals surface area contributed by atoms with Gasteiger partial charge in [-0.3, -0.25) is 4.98 Å². The third kappa shape index (κ3) is 2.16. The van der Waals surface area contributed by atoms with Gasteiger partial charge in [-0.2, -0.15) is 0 Å². The van der Waals surface area contributed by atoms with E-state index in [0.29, 0.717) is 11.0 Å². The monoisotopic (exact) mass is 283 g/mol. The van der Waals surface area contributed by atoms with Gasteiger partial charge in [-0.05, 0) is 35.0 Å². The van der Waals surface area contributed by atoms with Crippen molar-refractivity contribution in [2.24, 2.45) is 0 Å². The van der Waals surface area contributed by atoms with E-state index in [1.165, 1.54) is 0 Å². The first-order valence-corrected chi connectivity index (χ1v) is 5.46. The summed E-state index contributed by atoms with van der Waals surface area (Å²) in [7, 11) is 0. The summed E-state index contributed by atoms with van der Waals surface area (Å²) >= 11 is 9.25. The Hall–Kier alpha value is -1.00. The number of aromatic nitrogens is 3. The molecule has 76 valence electrons. The zero-order valence-electron chi connectivity index (χ0n) is 7.91. The molecule has 0 aliphatic rings. The van der Waals surface area contributed by atoms with Crippen molar-refractivity contribution in [3.63, 3.8) is 0 Å². The minimum Gasteiger partial charge on any atom is -0.253 e. The van der Waals surface area contributed by atoms with Gasteiger partial charge >= 0.3 is 0 Å². The SMILES string of the molecule is Cc1nc(-c2ccccn2)nc(Cl)c1Br. The van der Waals surface area contributed by atoms with Crippen molar-refractivity contribution < 1.29 is 0 Å². The summed E-state index contributed by atoms with van der Waals surface area (Å²) in [5, 5.41) is 0.406. The zero-order valence-corrected chi connectivity index (χ0v) is 10.2. The molecule has 2 heterocycles. The van der Waals surface area contributed by atoms with Gasteiger partial charge < -0.3 is 0 Å². The highest BCUT2D eigenvalue weighted by atomic mass is 79.9. The highest BCUT2D eigenvalue weighted by Gasteiger charge is 2.09. The molecule has 0 radical (unpaired) electrons. The molecule has 0 aliphatic carbocycles. The van der Waals surface area contributed by atoms with E-state index >= 15 is 0 Å². The fourth-order valence-electron chi connectivity index (χ4n) is 1.13. The van der Waals surface area contributed by atoms with Crippen molar-refractivity contribution in [3.05, 3.63) is 39.7 Å². The first-order chi connectivity index (χ1) is 7.18. The van der Waals surface area contributed by atoms with E-state index in [4.69, 9.17) is 11.6 Å². The number of rotatable bonds is 1. The molecule has 0 bridgehead atoms. The van der Waals surface area contributed by atoms with Crippen LogP contribution in [0.5, 0.6) is 0 Å². The van der Waals surface area contributed by atoms with Gasteiger partial charge in [-0.15, -0.1) is 0 Å². The molecule has 15 heavy (non-hydrogen) atoms. The second kappa shape index (κ2) is 4.24. The van der Waals surface area contributed by atoms with Gasteiger partial charge in [-0.1, -0.05) is 17.7 Å². The number of hydrogen-bond donors (Lipinski definition) is 0. The van der Waals surface area contributed by atoms with Crippen LogP contribution in [-0.4, -0.2) is 15.0 Å².